The molecule has 5 nitrogen and oxygen atoms in total. The summed E-state index contributed by atoms with van der Waals surface area (Å²) in [4.78, 5) is 29.7. The van der Waals surface area contributed by atoms with E-state index in [1.165, 1.54) is 6.20 Å². The summed E-state index contributed by atoms with van der Waals surface area (Å²) in [6.07, 6.45) is 3.63. The van der Waals surface area contributed by atoms with Gasteiger partial charge in [0.25, 0.3) is 5.56 Å². The molecular formula is C7H9N3O2. The average Bonchev–Trinajstić information content (AvgIpc) is 2.03. The number of aromatic nitrogens is 2. The zero-order valence-corrected chi connectivity index (χ0v) is 6.63. The lowest BCUT2D eigenvalue weighted by molar-refractivity contribution is 1.03. The van der Waals surface area contributed by atoms with Gasteiger partial charge in [-0.05, 0) is 6.42 Å². The highest BCUT2D eigenvalue weighted by atomic mass is 16.2. The lowest BCUT2D eigenvalue weighted by Gasteiger charge is -1.88. The molecule has 5 heteroatoms. The van der Waals surface area contributed by atoms with E-state index >= 15 is 0 Å². The SMILES string of the molecule is CCC=Nc1c[nH]c(=O)[nH]c1=O. The van der Waals surface area contributed by atoms with Gasteiger partial charge in [0, 0.05) is 12.4 Å². The van der Waals surface area contributed by atoms with Crippen molar-refractivity contribution >= 4 is 11.9 Å². The molecule has 0 unspecified atom stereocenters. The third kappa shape index (κ3) is 1.91. The molecule has 64 valence electrons. The molecule has 0 aliphatic rings. The first-order valence-corrected chi connectivity index (χ1v) is 3.58. The van der Waals surface area contributed by atoms with Crippen LogP contribution in [0, 0.1) is 0 Å². The fourth-order valence-electron chi connectivity index (χ4n) is 0.688. The first-order chi connectivity index (χ1) is 5.74. The molecule has 0 aliphatic heterocycles. The maximum atomic E-state index is 11.0. The topological polar surface area (TPSA) is 78.1 Å². The van der Waals surface area contributed by atoms with E-state index in [-0.39, 0.29) is 5.69 Å². The first kappa shape index (κ1) is 8.45. The first-order valence-electron chi connectivity index (χ1n) is 3.58. The van der Waals surface area contributed by atoms with E-state index in [4.69, 9.17) is 0 Å². The third-order valence-electron chi connectivity index (χ3n) is 1.21. The van der Waals surface area contributed by atoms with Gasteiger partial charge in [-0.15, -0.1) is 0 Å². The highest BCUT2D eigenvalue weighted by molar-refractivity contribution is 5.61. The summed E-state index contributed by atoms with van der Waals surface area (Å²) in [6.45, 7) is 1.91. The van der Waals surface area contributed by atoms with Gasteiger partial charge in [0.2, 0.25) is 0 Å². The van der Waals surface area contributed by atoms with Crippen molar-refractivity contribution in [1.29, 1.82) is 0 Å². The van der Waals surface area contributed by atoms with Crippen LogP contribution in [-0.4, -0.2) is 16.2 Å². The van der Waals surface area contributed by atoms with E-state index in [2.05, 4.69) is 15.0 Å². The molecule has 1 rings (SSSR count). The van der Waals surface area contributed by atoms with Crippen LogP contribution in [-0.2, 0) is 0 Å². The molecule has 0 radical (unpaired) electrons. The number of H-pyrrole nitrogens is 2. The van der Waals surface area contributed by atoms with Crippen molar-refractivity contribution < 1.29 is 0 Å². The minimum Gasteiger partial charge on any atom is -0.312 e. The van der Waals surface area contributed by atoms with Crippen molar-refractivity contribution in [3.8, 4) is 0 Å². The van der Waals surface area contributed by atoms with Gasteiger partial charge in [0.15, 0.2) is 0 Å². The number of nitrogens with one attached hydrogen (secondary N) is 2. The number of rotatable bonds is 2. The van der Waals surface area contributed by atoms with E-state index < -0.39 is 11.2 Å². The van der Waals surface area contributed by atoms with Crippen LogP contribution in [0.15, 0.2) is 20.8 Å². The predicted octanol–water partition coefficient (Wildman–Crippen LogP) is 0.176. The highest BCUT2D eigenvalue weighted by Crippen LogP contribution is 1.96. The minimum absolute atomic E-state index is 0.219. The van der Waals surface area contributed by atoms with Crippen molar-refractivity contribution in [1.82, 2.24) is 9.97 Å². The standard InChI is InChI=1S/C7H9N3O2/c1-2-3-8-5-4-9-7(12)10-6(5)11/h3-4H,2H2,1H3,(H2,9,10,11,12). The Morgan fingerprint density at radius 2 is 2.33 bits per heavy atom. The Hall–Kier alpha value is -1.65. The fraction of sp³-hybridized carbons (Fsp3) is 0.286. The van der Waals surface area contributed by atoms with Crippen LogP contribution in [0.5, 0.6) is 0 Å². The lowest BCUT2D eigenvalue weighted by Crippen LogP contribution is -2.20. The van der Waals surface area contributed by atoms with Crippen LogP contribution >= 0.6 is 0 Å². The molecule has 0 bridgehead atoms. The molecule has 0 aromatic carbocycles. The lowest BCUT2D eigenvalue weighted by atomic mass is 10.5. The molecule has 1 aromatic rings. The van der Waals surface area contributed by atoms with Crippen molar-refractivity contribution in [2.45, 2.75) is 13.3 Å². The zero-order chi connectivity index (χ0) is 8.97. The molecule has 0 saturated heterocycles. The summed E-state index contributed by atoms with van der Waals surface area (Å²) < 4.78 is 0. The molecule has 0 atom stereocenters. The van der Waals surface area contributed by atoms with Gasteiger partial charge >= 0.3 is 5.69 Å². The maximum absolute atomic E-state index is 11.0. The quantitative estimate of drug-likeness (QED) is 0.616. The second-order valence-electron chi connectivity index (χ2n) is 2.18. The van der Waals surface area contributed by atoms with Crippen LogP contribution in [0.4, 0.5) is 5.69 Å². The molecule has 0 fully saturated rings. The number of nitrogens with zero attached hydrogens (tertiary/aromatic N) is 1. The Balaban J connectivity index is 3.11. The van der Waals surface area contributed by atoms with Gasteiger partial charge in [-0.25, -0.2) is 4.79 Å². The average molecular weight is 167 g/mol. The van der Waals surface area contributed by atoms with Crippen LogP contribution < -0.4 is 11.2 Å². The second kappa shape index (κ2) is 3.66. The fourth-order valence-corrected chi connectivity index (χ4v) is 0.688. The predicted molar refractivity (Wildman–Crippen MR) is 46.1 cm³/mol. The molecule has 2 N–H and O–H groups in total. The third-order valence-corrected chi connectivity index (χ3v) is 1.21. The molecule has 0 spiro atoms. The summed E-state index contributed by atoms with van der Waals surface area (Å²) in [7, 11) is 0. The number of aromatic amines is 2. The largest absolute Gasteiger partial charge is 0.325 e. The van der Waals surface area contributed by atoms with Gasteiger partial charge in [-0.3, -0.25) is 14.8 Å². The number of hydrogen-bond acceptors (Lipinski definition) is 3. The molecule has 1 heterocycles. The van der Waals surface area contributed by atoms with Crippen LogP contribution in [0.3, 0.4) is 0 Å². The number of aliphatic imine (C=N–C) groups is 1. The van der Waals surface area contributed by atoms with Crippen LogP contribution in [0.25, 0.3) is 0 Å². The van der Waals surface area contributed by atoms with E-state index in [1.54, 1.807) is 6.21 Å². The molecule has 1 aromatic heterocycles. The van der Waals surface area contributed by atoms with Gasteiger partial charge in [0.05, 0.1) is 0 Å². The van der Waals surface area contributed by atoms with Crippen molar-refractivity contribution in [2.75, 3.05) is 0 Å². The Morgan fingerprint density at radius 1 is 1.58 bits per heavy atom. The summed E-state index contributed by atoms with van der Waals surface area (Å²) in [6, 6.07) is 0. The highest BCUT2D eigenvalue weighted by Gasteiger charge is 1.94. The molecule has 0 saturated carbocycles. The van der Waals surface area contributed by atoms with Gasteiger partial charge in [-0.2, -0.15) is 0 Å². The van der Waals surface area contributed by atoms with E-state index in [0.29, 0.717) is 0 Å². The summed E-state index contributed by atoms with van der Waals surface area (Å²) >= 11 is 0. The van der Waals surface area contributed by atoms with Crippen LogP contribution in [0.2, 0.25) is 0 Å². The smallest absolute Gasteiger partial charge is 0.312 e. The molecule has 0 aliphatic carbocycles. The zero-order valence-electron chi connectivity index (χ0n) is 6.63. The molecule has 0 amide bonds. The van der Waals surface area contributed by atoms with Crippen molar-refractivity contribution in [3.05, 3.63) is 27.0 Å². The maximum Gasteiger partial charge on any atom is 0.325 e. The summed E-state index contributed by atoms with van der Waals surface area (Å²) in [5, 5.41) is 0. The van der Waals surface area contributed by atoms with Gasteiger partial charge in [0.1, 0.15) is 5.69 Å². The number of hydrogen-bond donors (Lipinski definition) is 2. The summed E-state index contributed by atoms with van der Waals surface area (Å²) in [5.41, 5.74) is -0.768. The summed E-state index contributed by atoms with van der Waals surface area (Å²) in [5.74, 6) is 0. The molecular weight excluding hydrogens is 158 g/mol. The van der Waals surface area contributed by atoms with E-state index in [1.807, 2.05) is 6.92 Å². The van der Waals surface area contributed by atoms with Crippen LogP contribution in [0.1, 0.15) is 13.3 Å². The second-order valence-corrected chi connectivity index (χ2v) is 2.18. The van der Waals surface area contributed by atoms with Gasteiger partial charge < -0.3 is 4.98 Å². The Morgan fingerprint density at radius 3 is 2.92 bits per heavy atom. The van der Waals surface area contributed by atoms with Crippen molar-refractivity contribution in [2.24, 2.45) is 4.99 Å². The molecule has 12 heavy (non-hydrogen) atoms. The monoisotopic (exact) mass is 167 g/mol. The normalized spacial score (nSPS) is 10.8. The Labute approximate surface area is 68.2 Å². The Bertz CT molecular complexity index is 388. The van der Waals surface area contributed by atoms with E-state index in [0.717, 1.165) is 6.42 Å². The Kier molecular flexibility index (Phi) is 2.57. The van der Waals surface area contributed by atoms with Crippen molar-refractivity contribution in [3.63, 3.8) is 0 Å². The van der Waals surface area contributed by atoms with Gasteiger partial charge in [-0.1, -0.05) is 6.92 Å². The van der Waals surface area contributed by atoms with E-state index in [9.17, 15) is 9.59 Å². The minimum atomic E-state index is -0.518.